The number of phenols is 2. The third kappa shape index (κ3) is 3.02. The fraction of sp³-hybridized carbons (Fsp3) is 0.111. The maximum Gasteiger partial charge on any atom is 0.270 e. The number of aryl methyl sites for hydroxylation is 2. The fourth-order valence-electron chi connectivity index (χ4n) is 2.51. The van der Waals surface area contributed by atoms with E-state index in [2.05, 4.69) is 0 Å². The molecule has 122 valence electrons. The summed E-state index contributed by atoms with van der Waals surface area (Å²) in [6.07, 6.45) is 1.65. The molecule has 1 aliphatic heterocycles. The number of carbonyl (C=O) groups excluding carboxylic acids is 1. The largest absolute Gasteiger partial charge is 0.504 e. The first-order valence-corrected chi connectivity index (χ1v) is 8.46. The summed E-state index contributed by atoms with van der Waals surface area (Å²) in [5.74, 6) is -0.617. The maximum atomic E-state index is 12.7. The average molecular weight is 357 g/mol. The second-order valence-corrected chi connectivity index (χ2v) is 7.23. The Bertz CT molecular complexity index is 890. The Hall–Kier alpha value is -2.31. The summed E-state index contributed by atoms with van der Waals surface area (Å²) in [5.41, 5.74) is 3.50. The summed E-state index contributed by atoms with van der Waals surface area (Å²) in [7, 11) is 0. The molecule has 0 unspecified atom stereocenters. The third-order valence-electron chi connectivity index (χ3n) is 3.68. The van der Waals surface area contributed by atoms with Crippen molar-refractivity contribution in [2.45, 2.75) is 13.8 Å². The van der Waals surface area contributed by atoms with Crippen LogP contribution >= 0.6 is 24.0 Å². The van der Waals surface area contributed by atoms with Crippen LogP contribution in [0.1, 0.15) is 16.7 Å². The van der Waals surface area contributed by atoms with Crippen molar-refractivity contribution in [2.24, 2.45) is 0 Å². The molecule has 0 aliphatic carbocycles. The highest BCUT2D eigenvalue weighted by atomic mass is 32.2. The Morgan fingerprint density at radius 3 is 2.50 bits per heavy atom. The summed E-state index contributed by atoms with van der Waals surface area (Å²) in [6.45, 7) is 3.95. The first-order valence-electron chi connectivity index (χ1n) is 7.24. The number of carbonyl (C=O) groups is 1. The fourth-order valence-corrected chi connectivity index (χ4v) is 3.80. The minimum absolute atomic E-state index is 0.190. The molecule has 1 heterocycles. The summed E-state index contributed by atoms with van der Waals surface area (Å²) in [4.78, 5) is 14.8. The molecule has 2 aromatic carbocycles. The van der Waals surface area contributed by atoms with E-state index in [9.17, 15) is 15.0 Å². The van der Waals surface area contributed by atoms with Crippen LogP contribution in [0.3, 0.4) is 0 Å². The van der Waals surface area contributed by atoms with Crippen LogP contribution in [-0.4, -0.2) is 20.4 Å². The standard InChI is InChI=1S/C18H15NO3S2/c1-10-3-5-13(11(2)7-10)19-17(22)16(24-18(19)23)9-12-4-6-14(20)15(21)8-12/h3-9,20-21H,1-2H3/b16-9-. The van der Waals surface area contributed by atoms with Crippen LogP contribution < -0.4 is 4.90 Å². The van der Waals surface area contributed by atoms with Gasteiger partial charge in [-0.1, -0.05) is 47.7 Å². The Morgan fingerprint density at radius 1 is 1.08 bits per heavy atom. The van der Waals surface area contributed by atoms with Crippen molar-refractivity contribution in [3.05, 3.63) is 58.0 Å². The predicted molar refractivity (Wildman–Crippen MR) is 101 cm³/mol. The van der Waals surface area contributed by atoms with Crippen LogP contribution in [0.25, 0.3) is 6.08 Å². The van der Waals surface area contributed by atoms with Gasteiger partial charge in [0.1, 0.15) is 0 Å². The number of hydrogen-bond acceptors (Lipinski definition) is 5. The van der Waals surface area contributed by atoms with Gasteiger partial charge in [0.05, 0.1) is 10.6 Å². The summed E-state index contributed by atoms with van der Waals surface area (Å²) in [5, 5.41) is 18.9. The first kappa shape index (κ1) is 16.5. The molecule has 0 aromatic heterocycles. The van der Waals surface area contributed by atoms with E-state index < -0.39 is 0 Å². The molecule has 0 bridgehead atoms. The number of rotatable bonds is 2. The molecule has 2 aromatic rings. The molecular weight excluding hydrogens is 342 g/mol. The summed E-state index contributed by atoms with van der Waals surface area (Å²) in [6, 6.07) is 10.3. The zero-order valence-electron chi connectivity index (χ0n) is 13.1. The lowest BCUT2D eigenvalue weighted by atomic mass is 10.1. The summed E-state index contributed by atoms with van der Waals surface area (Å²) < 4.78 is 0.473. The second kappa shape index (κ2) is 6.30. The van der Waals surface area contributed by atoms with Crippen molar-refractivity contribution in [1.29, 1.82) is 0 Å². The number of thioether (sulfide) groups is 1. The monoisotopic (exact) mass is 357 g/mol. The Balaban J connectivity index is 1.96. The van der Waals surface area contributed by atoms with Crippen molar-refractivity contribution in [2.75, 3.05) is 4.90 Å². The highest BCUT2D eigenvalue weighted by molar-refractivity contribution is 8.27. The average Bonchev–Trinajstić information content (AvgIpc) is 2.78. The molecule has 6 heteroatoms. The van der Waals surface area contributed by atoms with E-state index in [0.717, 1.165) is 16.8 Å². The molecule has 0 radical (unpaired) electrons. The summed E-state index contributed by atoms with van der Waals surface area (Å²) >= 11 is 6.59. The molecule has 1 aliphatic rings. The van der Waals surface area contributed by atoms with Gasteiger partial charge < -0.3 is 10.2 Å². The van der Waals surface area contributed by atoms with E-state index >= 15 is 0 Å². The normalized spacial score (nSPS) is 16.2. The van der Waals surface area contributed by atoms with E-state index in [1.807, 2.05) is 32.0 Å². The molecule has 4 nitrogen and oxygen atoms in total. The number of phenolic OH excluding ortho intramolecular Hbond substituents is 2. The van der Waals surface area contributed by atoms with Gasteiger partial charge in [-0.3, -0.25) is 9.69 Å². The SMILES string of the molecule is Cc1ccc(N2C(=O)/C(=C/c3ccc(O)c(O)c3)SC2=S)c(C)c1. The second-order valence-electron chi connectivity index (χ2n) is 5.56. The molecule has 0 spiro atoms. The molecule has 1 saturated heterocycles. The van der Waals surface area contributed by atoms with E-state index in [0.29, 0.717) is 14.8 Å². The number of amides is 1. The molecule has 0 saturated carbocycles. The number of thiocarbonyl (C=S) groups is 1. The van der Waals surface area contributed by atoms with Gasteiger partial charge in [0.15, 0.2) is 15.8 Å². The quantitative estimate of drug-likeness (QED) is 0.481. The van der Waals surface area contributed by atoms with Crippen molar-refractivity contribution in [3.8, 4) is 11.5 Å². The van der Waals surface area contributed by atoms with Gasteiger partial charge in [0, 0.05) is 0 Å². The minimum Gasteiger partial charge on any atom is -0.504 e. The van der Waals surface area contributed by atoms with Crippen LogP contribution in [0.5, 0.6) is 11.5 Å². The van der Waals surface area contributed by atoms with Crippen LogP contribution in [0.15, 0.2) is 41.3 Å². The van der Waals surface area contributed by atoms with Gasteiger partial charge in [-0.25, -0.2) is 0 Å². The van der Waals surface area contributed by atoms with Crippen LogP contribution in [0.4, 0.5) is 5.69 Å². The number of hydrogen-bond donors (Lipinski definition) is 2. The van der Waals surface area contributed by atoms with E-state index in [1.54, 1.807) is 12.1 Å². The first-order chi connectivity index (χ1) is 11.4. The topological polar surface area (TPSA) is 60.8 Å². The van der Waals surface area contributed by atoms with Crippen molar-refractivity contribution >= 4 is 46.0 Å². The van der Waals surface area contributed by atoms with Gasteiger partial charge >= 0.3 is 0 Å². The molecule has 1 fully saturated rings. The van der Waals surface area contributed by atoms with Crippen molar-refractivity contribution in [1.82, 2.24) is 0 Å². The molecular formula is C18H15NO3S2. The molecule has 2 N–H and O–H groups in total. The molecule has 0 atom stereocenters. The zero-order chi connectivity index (χ0) is 17.4. The van der Waals surface area contributed by atoms with Gasteiger partial charge in [-0.15, -0.1) is 0 Å². The van der Waals surface area contributed by atoms with E-state index in [-0.39, 0.29) is 17.4 Å². The highest BCUT2D eigenvalue weighted by Crippen LogP contribution is 2.38. The Kier molecular flexibility index (Phi) is 4.34. The number of nitrogens with zero attached hydrogens (tertiary/aromatic N) is 1. The lowest BCUT2D eigenvalue weighted by Gasteiger charge is -2.17. The predicted octanol–water partition coefficient (Wildman–Crippen LogP) is 4.12. The van der Waals surface area contributed by atoms with Crippen LogP contribution in [-0.2, 0) is 4.79 Å². The van der Waals surface area contributed by atoms with Gasteiger partial charge in [0.25, 0.3) is 5.91 Å². The number of aromatic hydroxyl groups is 2. The van der Waals surface area contributed by atoms with Gasteiger partial charge in [-0.05, 0) is 49.2 Å². The Morgan fingerprint density at radius 2 is 1.83 bits per heavy atom. The molecule has 24 heavy (non-hydrogen) atoms. The number of benzene rings is 2. The van der Waals surface area contributed by atoms with Gasteiger partial charge in [-0.2, -0.15) is 0 Å². The lowest BCUT2D eigenvalue weighted by Crippen LogP contribution is -2.28. The smallest absolute Gasteiger partial charge is 0.270 e. The van der Waals surface area contributed by atoms with Crippen LogP contribution in [0.2, 0.25) is 0 Å². The third-order valence-corrected chi connectivity index (χ3v) is 4.99. The highest BCUT2D eigenvalue weighted by Gasteiger charge is 2.34. The van der Waals surface area contributed by atoms with Gasteiger partial charge in [0.2, 0.25) is 0 Å². The lowest BCUT2D eigenvalue weighted by molar-refractivity contribution is -0.113. The van der Waals surface area contributed by atoms with E-state index in [1.165, 1.54) is 28.8 Å². The van der Waals surface area contributed by atoms with Crippen LogP contribution in [0, 0.1) is 13.8 Å². The maximum absolute atomic E-state index is 12.7. The minimum atomic E-state index is -0.228. The van der Waals surface area contributed by atoms with Crippen molar-refractivity contribution < 1.29 is 15.0 Å². The number of anilines is 1. The molecule has 1 amide bonds. The van der Waals surface area contributed by atoms with E-state index in [4.69, 9.17) is 12.2 Å². The Labute approximate surface area is 149 Å². The van der Waals surface area contributed by atoms with Crippen molar-refractivity contribution in [3.63, 3.8) is 0 Å². The zero-order valence-corrected chi connectivity index (χ0v) is 14.7. The molecule has 3 rings (SSSR count).